The highest BCUT2D eigenvalue weighted by atomic mass is 32.2. The second-order valence-electron chi connectivity index (χ2n) is 5.37. The number of benzene rings is 1. The number of quaternary nitrogens is 1. The molecule has 1 N–H and O–H groups in total. The van der Waals surface area contributed by atoms with Gasteiger partial charge in [-0.3, -0.25) is 5.32 Å². The summed E-state index contributed by atoms with van der Waals surface area (Å²) in [5.41, 5.74) is 1.22. The molecule has 0 aromatic heterocycles. The van der Waals surface area contributed by atoms with Crippen molar-refractivity contribution in [1.29, 1.82) is 0 Å². The van der Waals surface area contributed by atoms with E-state index >= 15 is 0 Å². The topological polar surface area (TPSA) is 24.4 Å². The summed E-state index contributed by atoms with van der Waals surface area (Å²) in [6.45, 7) is 8.54. The molecule has 3 nitrogen and oxygen atoms in total. The van der Waals surface area contributed by atoms with Crippen LogP contribution in [-0.4, -0.2) is 31.1 Å². The van der Waals surface area contributed by atoms with Crippen molar-refractivity contribution in [1.82, 2.24) is 5.32 Å². The lowest BCUT2D eigenvalue weighted by atomic mass is 10.1. The number of hydrogen-bond donors (Lipinski definition) is 1. The number of nitrogens with one attached hydrogen (secondary N) is 1. The van der Waals surface area contributed by atoms with Gasteiger partial charge < -0.3 is 0 Å². The lowest BCUT2D eigenvalue weighted by Crippen LogP contribution is -2.48. The Balaban J connectivity index is 2.38. The first-order chi connectivity index (χ1) is 9.63. The fourth-order valence-electron chi connectivity index (χ4n) is 2.38. The van der Waals surface area contributed by atoms with Crippen molar-refractivity contribution in [3.63, 3.8) is 0 Å². The van der Waals surface area contributed by atoms with Gasteiger partial charge in [-0.05, 0) is 37.9 Å². The smallest absolute Gasteiger partial charge is 0.201 e. The number of aliphatic imine (C=N–C) groups is 1. The highest BCUT2D eigenvalue weighted by Gasteiger charge is 2.38. The van der Waals surface area contributed by atoms with Crippen LogP contribution in [0.1, 0.15) is 20.8 Å². The lowest BCUT2D eigenvalue weighted by molar-refractivity contribution is -0.786. The maximum Gasteiger partial charge on any atom is 0.201 e. The van der Waals surface area contributed by atoms with Crippen LogP contribution in [0.5, 0.6) is 0 Å². The molecule has 0 amide bonds. The number of nitrogens with zero attached hydrogens (tertiary/aromatic N) is 2. The Labute approximate surface area is 126 Å². The van der Waals surface area contributed by atoms with Crippen LogP contribution in [0.15, 0.2) is 50.9 Å². The van der Waals surface area contributed by atoms with E-state index in [9.17, 15) is 0 Å². The minimum atomic E-state index is 0.445. The van der Waals surface area contributed by atoms with Crippen LogP contribution in [0.3, 0.4) is 0 Å². The van der Waals surface area contributed by atoms with E-state index in [0.29, 0.717) is 5.92 Å². The standard InChI is InChI=1S/C16H24N3S/c1-5-19(11-17-4)12-18-15(13(2)3)16(19)20-14-9-7-6-8-10-14/h6-10,12-13,17H,5,11H2,1-4H3/q+1. The van der Waals surface area contributed by atoms with Crippen LogP contribution in [0.4, 0.5) is 0 Å². The van der Waals surface area contributed by atoms with Gasteiger partial charge in [0.2, 0.25) is 5.03 Å². The van der Waals surface area contributed by atoms with E-state index < -0.39 is 0 Å². The third kappa shape index (κ3) is 2.97. The molecule has 20 heavy (non-hydrogen) atoms. The Morgan fingerprint density at radius 2 is 1.95 bits per heavy atom. The Morgan fingerprint density at radius 3 is 2.50 bits per heavy atom. The second-order valence-corrected chi connectivity index (χ2v) is 6.43. The van der Waals surface area contributed by atoms with Crippen molar-refractivity contribution in [3.05, 3.63) is 41.1 Å². The Hall–Kier alpha value is -1.10. The fraction of sp³-hybridized carbons (Fsp3) is 0.438. The van der Waals surface area contributed by atoms with E-state index in [4.69, 9.17) is 4.99 Å². The van der Waals surface area contributed by atoms with E-state index in [1.807, 2.05) is 18.8 Å². The van der Waals surface area contributed by atoms with Crippen molar-refractivity contribution in [2.24, 2.45) is 10.9 Å². The zero-order valence-electron chi connectivity index (χ0n) is 12.8. The molecule has 1 unspecified atom stereocenters. The number of thioether (sulfide) groups is 1. The highest BCUT2D eigenvalue weighted by Crippen LogP contribution is 2.40. The van der Waals surface area contributed by atoms with Gasteiger partial charge >= 0.3 is 0 Å². The van der Waals surface area contributed by atoms with E-state index in [1.54, 1.807) is 0 Å². The van der Waals surface area contributed by atoms with Gasteiger partial charge in [0, 0.05) is 10.8 Å². The second kappa shape index (κ2) is 6.57. The summed E-state index contributed by atoms with van der Waals surface area (Å²) in [7, 11) is 2.00. The summed E-state index contributed by atoms with van der Waals surface area (Å²) >= 11 is 1.85. The van der Waals surface area contributed by atoms with Crippen molar-refractivity contribution in [2.45, 2.75) is 25.7 Å². The van der Waals surface area contributed by atoms with Crippen LogP contribution in [-0.2, 0) is 0 Å². The zero-order chi connectivity index (χ0) is 14.6. The fourth-order valence-corrected chi connectivity index (χ4v) is 3.71. The van der Waals surface area contributed by atoms with Gasteiger partial charge in [0.1, 0.15) is 12.4 Å². The van der Waals surface area contributed by atoms with E-state index in [0.717, 1.165) is 17.7 Å². The number of rotatable bonds is 6. The summed E-state index contributed by atoms with van der Waals surface area (Å²) in [4.78, 5) is 6.00. The van der Waals surface area contributed by atoms with Gasteiger partial charge in [0.05, 0.1) is 6.54 Å². The van der Waals surface area contributed by atoms with E-state index in [1.165, 1.54) is 15.6 Å². The Kier molecular flexibility index (Phi) is 5.02. The summed E-state index contributed by atoms with van der Waals surface area (Å²) in [6.07, 6.45) is 2.09. The Bertz CT molecular complexity index is 508. The third-order valence-corrected chi connectivity index (χ3v) is 4.82. The predicted molar refractivity (Wildman–Crippen MR) is 87.4 cm³/mol. The molecule has 0 radical (unpaired) electrons. The predicted octanol–water partition coefficient (Wildman–Crippen LogP) is 3.66. The maximum atomic E-state index is 4.72. The Morgan fingerprint density at radius 1 is 1.25 bits per heavy atom. The number of hydrogen-bond acceptors (Lipinski definition) is 3. The van der Waals surface area contributed by atoms with Gasteiger partial charge in [-0.25, -0.2) is 9.48 Å². The van der Waals surface area contributed by atoms with E-state index in [-0.39, 0.29) is 0 Å². The van der Waals surface area contributed by atoms with Crippen molar-refractivity contribution < 1.29 is 4.48 Å². The monoisotopic (exact) mass is 290 g/mol. The molecule has 0 saturated carbocycles. The maximum absolute atomic E-state index is 4.72. The van der Waals surface area contributed by atoms with Gasteiger partial charge in [-0.1, -0.05) is 32.0 Å². The molecule has 1 heterocycles. The molecule has 0 fully saturated rings. The first-order valence-corrected chi connectivity index (χ1v) is 7.99. The SMILES string of the molecule is CC[N+]1(CNC)C=NC(C(C)C)=C1Sc1ccccc1. The minimum absolute atomic E-state index is 0.445. The molecule has 2 rings (SSSR count). The summed E-state index contributed by atoms with van der Waals surface area (Å²) in [6, 6.07) is 10.6. The molecular weight excluding hydrogens is 266 g/mol. The molecule has 1 aromatic rings. The van der Waals surface area contributed by atoms with Crippen LogP contribution in [0.25, 0.3) is 0 Å². The van der Waals surface area contributed by atoms with Gasteiger partial charge in [-0.15, -0.1) is 0 Å². The molecule has 4 heteroatoms. The quantitative estimate of drug-likeness (QED) is 0.809. The molecule has 1 aromatic carbocycles. The van der Waals surface area contributed by atoms with Crippen LogP contribution in [0.2, 0.25) is 0 Å². The molecule has 1 aliphatic rings. The van der Waals surface area contributed by atoms with Gasteiger partial charge in [0.25, 0.3) is 0 Å². The van der Waals surface area contributed by atoms with Crippen molar-refractivity contribution in [3.8, 4) is 0 Å². The van der Waals surface area contributed by atoms with Gasteiger partial charge in [-0.2, -0.15) is 0 Å². The molecule has 108 valence electrons. The van der Waals surface area contributed by atoms with Gasteiger partial charge in [0.15, 0.2) is 6.34 Å². The molecule has 0 bridgehead atoms. The molecular formula is C16H24N3S+. The molecule has 1 atom stereocenters. The summed E-state index contributed by atoms with van der Waals surface area (Å²) < 4.78 is 0.795. The average molecular weight is 290 g/mol. The van der Waals surface area contributed by atoms with Crippen molar-refractivity contribution in [2.75, 3.05) is 20.3 Å². The first kappa shape index (κ1) is 15.3. The normalized spacial score (nSPS) is 22.1. The molecule has 0 saturated heterocycles. The summed E-state index contributed by atoms with van der Waals surface area (Å²) in [5, 5.41) is 4.66. The summed E-state index contributed by atoms with van der Waals surface area (Å²) in [5.74, 6) is 0.445. The highest BCUT2D eigenvalue weighted by molar-refractivity contribution is 8.02. The number of allylic oxidation sites excluding steroid dienone is 1. The van der Waals surface area contributed by atoms with Crippen LogP contribution < -0.4 is 5.32 Å². The van der Waals surface area contributed by atoms with Crippen LogP contribution >= 0.6 is 11.8 Å². The lowest BCUT2D eigenvalue weighted by Gasteiger charge is -2.31. The third-order valence-electron chi connectivity index (χ3n) is 3.55. The van der Waals surface area contributed by atoms with Crippen LogP contribution in [0, 0.1) is 5.92 Å². The molecule has 1 aliphatic heterocycles. The van der Waals surface area contributed by atoms with Crippen molar-refractivity contribution >= 4 is 18.1 Å². The molecule has 0 aliphatic carbocycles. The molecule has 0 spiro atoms. The first-order valence-electron chi connectivity index (χ1n) is 7.17. The zero-order valence-corrected chi connectivity index (χ0v) is 13.6. The van der Waals surface area contributed by atoms with E-state index in [2.05, 4.69) is 62.8 Å². The largest absolute Gasteiger partial charge is 0.273 e. The average Bonchev–Trinajstić information content (AvgIpc) is 2.80. The minimum Gasteiger partial charge on any atom is -0.273 e.